The van der Waals surface area contributed by atoms with Crippen LogP contribution in [-0.4, -0.2) is 21.0 Å². The quantitative estimate of drug-likeness (QED) is 0.834. The minimum absolute atomic E-state index is 0.0838. The Kier molecular flexibility index (Phi) is 2.44. The van der Waals surface area contributed by atoms with Crippen molar-refractivity contribution in [1.82, 2.24) is 9.97 Å². The van der Waals surface area contributed by atoms with Crippen molar-refractivity contribution in [3.63, 3.8) is 0 Å². The van der Waals surface area contributed by atoms with Gasteiger partial charge in [0.2, 0.25) is 0 Å². The van der Waals surface area contributed by atoms with Crippen molar-refractivity contribution in [3.8, 4) is 11.5 Å². The standard InChI is InChI=1S/C11H10N2O3/c1-6-9(11(14)15)10(13-7(2)12-6)8-4-3-5-16-8/h3-5H,1-2H3,(H,14,15). The summed E-state index contributed by atoms with van der Waals surface area (Å²) in [7, 11) is 0. The Morgan fingerprint density at radius 2 is 2.12 bits per heavy atom. The van der Waals surface area contributed by atoms with Crippen molar-refractivity contribution in [2.75, 3.05) is 0 Å². The van der Waals surface area contributed by atoms with Crippen molar-refractivity contribution in [3.05, 3.63) is 35.5 Å². The van der Waals surface area contributed by atoms with Gasteiger partial charge in [-0.1, -0.05) is 0 Å². The Hall–Kier alpha value is -2.17. The van der Waals surface area contributed by atoms with Gasteiger partial charge in [0.05, 0.1) is 12.0 Å². The van der Waals surface area contributed by atoms with E-state index in [4.69, 9.17) is 9.52 Å². The summed E-state index contributed by atoms with van der Waals surface area (Å²) < 4.78 is 5.17. The Balaban J connectivity index is 2.72. The predicted molar refractivity (Wildman–Crippen MR) is 56.2 cm³/mol. The fraction of sp³-hybridized carbons (Fsp3) is 0.182. The summed E-state index contributed by atoms with van der Waals surface area (Å²) in [5.41, 5.74) is 0.842. The molecule has 0 saturated carbocycles. The van der Waals surface area contributed by atoms with Crippen molar-refractivity contribution < 1.29 is 14.3 Å². The molecule has 0 radical (unpaired) electrons. The molecule has 0 aromatic carbocycles. The van der Waals surface area contributed by atoms with E-state index in [9.17, 15) is 4.79 Å². The van der Waals surface area contributed by atoms with Gasteiger partial charge in [-0.3, -0.25) is 0 Å². The van der Waals surface area contributed by atoms with Crippen molar-refractivity contribution >= 4 is 5.97 Å². The van der Waals surface area contributed by atoms with Crippen molar-refractivity contribution in [2.24, 2.45) is 0 Å². The summed E-state index contributed by atoms with van der Waals surface area (Å²) in [4.78, 5) is 19.3. The predicted octanol–water partition coefficient (Wildman–Crippen LogP) is 2.05. The molecule has 0 saturated heterocycles. The average molecular weight is 218 g/mol. The summed E-state index contributed by atoms with van der Waals surface area (Å²) in [6, 6.07) is 3.36. The highest BCUT2D eigenvalue weighted by Gasteiger charge is 2.19. The van der Waals surface area contributed by atoms with E-state index in [2.05, 4.69) is 9.97 Å². The molecule has 16 heavy (non-hydrogen) atoms. The van der Waals surface area contributed by atoms with Crippen molar-refractivity contribution in [1.29, 1.82) is 0 Å². The van der Waals surface area contributed by atoms with E-state index in [0.29, 0.717) is 23.0 Å². The van der Waals surface area contributed by atoms with Gasteiger partial charge < -0.3 is 9.52 Å². The normalized spacial score (nSPS) is 10.4. The number of carboxylic acid groups (broad SMARTS) is 1. The fourth-order valence-corrected chi connectivity index (χ4v) is 1.56. The van der Waals surface area contributed by atoms with E-state index < -0.39 is 5.97 Å². The van der Waals surface area contributed by atoms with Gasteiger partial charge in [0.1, 0.15) is 17.1 Å². The molecule has 0 aliphatic rings. The van der Waals surface area contributed by atoms with Gasteiger partial charge in [0, 0.05) is 0 Å². The SMILES string of the molecule is Cc1nc(C)c(C(=O)O)c(-c2ccco2)n1. The van der Waals surface area contributed by atoms with Gasteiger partial charge in [-0.15, -0.1) is 0 Å². The maximum Gasteiger partial charge on any atom is 0.339 e. The number of rotatable bonds is 2. The highest BCUT2D eigenvalue weighted by molar-refractivity contribution is 5.95. The number of aryl methyl sites for hydroxylation is 2. The van der Waals surface area contributed by atoms with Crippen LogP contribution in [0.15, 0.2) is 22.8 Å². The Bertz CT molecular complexity index is 532. The van der Waals surface area contributed by atoms with E-state index in [1.165, 1.54) is 6.26 Å². The third kappa shape index (κ3) is 1.67. The number of hydrogen-bond acceptors (Lipinski definition) is 4. The Labute approximate surface area is 91.8 Å². The third-order valence-corrected chi connectivity index (χ3v) is 2.17. The molecule has 2 rings (SSSR count). The molecular formula is C11H10N2O3. The first-order valence-corrected chi connectivity index (χ1v) is 4.72. The van der Waals surface area contributed by atoms with Crippen LogP contribution in [0.1, 0.15) is 21.9 Å². The fourth-order valence-electron chi connectivity index (χ4n) is 1.56. The number of nitrogens with zero attached hydrogens (tertiary/aromatic N) is 2. The van der Waals surface area contributed by atoms with Gasteiger partial charge in [-0.05, 0) is 26.0 Å². The minimum atomic E-state index is -1.05. The van der Waals surface area contributed by atoms with Crippen LogP contribution in [0.5, 0.6) is 0 Å². The lowest BCUT2D eigenvalue weighted by atomic mass is 10.1. The highest BCUT2D eigenvalue weighted by Crippen LogP contribution is 2.23. The van der Waals surface area contributed by atoms with E-state index in [-0.39, 0.29) is 5.56 Å². The van der Waals surface area contributed by atoms with Crippen LogP contribution in [0.2, 0.25) is 0 Å². The van der Waals surface area contributed by atoms with Crippen LogP contribution in [-0.2, 0) is 0 Å². The van der Waals surface area contributed by atoms with E-state index in [0.717, 1.165) is 0 Å². The van der Waals surface area contributed by atoms with Crippen LogP contribution in [0.4, 0.5) is 0 Å². The highest BCUT2D eigenvalue weighted by atomic mass is 16.4. The second-order valence-electron chi connectivity index (χ2n) is 3.36. The van der Waals surface area contributed by atoms with Crippen LogP contribution < -0.4 is 0 Å². The number of carboxylic acids is 1. The molecule has 0 unspecified atom stereocenters. The topological polar surface area (TPSA) is 76.2 Å². The van der Waals surface area contributed by atoms with Gasteiger partial charge >= 0.3 is 5.97 Å². The molecule has 5 heteroatoms. The number of furan rings is 1. The molecule has 0 spiro atoms. The lowest BCUT2D eigenvalue weighted by molar-refractivity contribution is 0.0695. The molecular weight excluding hydrogens is 208 g/mol. The van der Waals surface area contributed by atoms with Crippen LogP contribution in [0, 0.1) is 13.8 Å². The maximum absolute atomic E-state index is 11.1. The van der Waals surface area contributed by atoms with Gasteiger partial charge in [0.15, 0.2) is 5.76 Å². The maximum atomic E-state index is 11.1. The smallest absolute Gasteiger partial charge is 0.339 e. The number of carbonyl (C=O) groups is 1. The van der Waals surface area contributed by atoms with Gasteiger partial charge in [-0.2, -0.15) is 0 Å². The molecule has 0 amide bonds. The molecule has 2 aromatic rings. The minimum Gasteiger partial charge on any atom is -0.478 e. The largest absolute Gasteiger partial charge is 0.478 e. The first-order chi connectivity index (χ1) is 7.59. The second-order valence-corrected chi connectivity index (χ2v) is 3.36. The molecule has 2 aromatic heterocycles. The third-order valence-electron chi connectivity index (χ3n) is 2.17. The zero-order valence-corrected chi connectivity index (χ0v) is 8.89. The second kappa shape index (κ2) is 3.77. The first kappa shape index (κ1) is 10.4. The zero-order valence-electron chi connectivity index (χ0n) is 8.89. The van der Waals surface area contributed by atoms with E-state index in [1.54, 1.807) is 26.0 Å². The molecule has 5 nitrogen and oxygen atoms in total. The van der Waals surface area contributed by atoms with Crippen LogP contribution >= 0.6 is 0 Å². The summed E-state index contributed by atoms with van der Waals surface area (Å²) >= 11 is 0. The summed E-state index contributed by atoms with van der Waals surface area (Å²) in [6.07, 6.45) is 1.48. The number of hydrogen-bond donors (Lipinski definition) is 1. The monoisotopic (exact) mass is 218 g/mol. The Morgan fingerprint density at radius 3 is 2.69 bits per heavy atom. The average Bonchev–Trinajstić information content (AvgIpc) is 2.67. The summed E-state index contributed by atoms with van der Waals surface area (Å²) in [6.45, 7) is 3.36. The van der Waals surface area contributed by atoms with Crippen LogP contribution in [0.3, 0.4) is 0 Å². The molecule has 0 atom stereocenters. The number of aromatic carboxylic acids is 1. The molecule has 0 bridgehead atoms. The summed E-state index contributed by atoms with van der Waals surface area (Å²) in [5.74, 6) is -0.0937. The molecule has 82 valence electrons. The molecule has 0 aliphatic heterocycles. The zero-order chi connectivity index (χ0) is 11.7. The van der Waals surface area contributed by atoms with Crippen LogP contribution in [0.25, 0.3) is 11.5 Å². The molecule has 0 aliphatic carbocycles. The molecule has 2 heterocycles. The molecule has 1 N–H and O–H groups in total. The van der Waals surface area contributed by atoms with Crippen molar-refractivity contribution in [2.45, 2.75) is 13.8 Å². The lowest BCUT2D eigenvalue weighted by Gasteiger charge is -2.06. The number of aromatic nitrogens is 2. The van der Waals surface area contributed by atoms with Gasteiger partial charge in [0.25, 0.3) is 0 Å². The Morgan fingerprint density at radius 1 is 1.38 bits per heavy atom. The first-order valence-electron chi connectivity index (χ1n) is 4.72. The summed E-state index contributed by atoms with van der Waals surface area (Å²) in [5, 5.41) is 9.11. The van der Waals surface area contributed by atoms with E-state index >= 15 is 0 Å². The van der Waals surface area contributed by atoms with E-state index in [1.807, 2.05) is 0 Å². The molecule has 0 fully saturated rings. The van der Waals surface area contributed by atoms with Gasteiger partial charge in [-0.25, -0.2) is 14.8 Å². The lowest BCUT2D eigenvalue weighted by Crippen LogP contribution is -2.08.